The van der Waals surface area contributed by atoms with Crippen molar-refractivity contribution in [2.24, 2.45) is 0 Å². The summed E-state index contributed by atoms with van der Waals surface area (Å²) in [4.78, 5) is 22.9. The van der Waals surface area contributed by atoms with Gasteiger partial charge in [0.25, 0.3) is 5.91 Å². The molecule has 2 aromatic carbocycles. The fourth-order valence-electron chi connectivity index (χ4n) is 2.62. The van der Waals surface area contributed by atoms with Crippen LogP contribution in [-0.4, -0.2) is 29.5 Å². The maximum Gasteiger partial charge on any atom is 0.277 e. The number of aromatic nitrogens is 2. The summed E-state index contributed by atoms with van der Waals surface area (Å²) in [5, 5.41) is 3.17. The molecule has 0 unspecified atom stereocenters. The fraction of sp³-hybridized carbons (Fsp3) is 0.150. The number of nitrogens with zero attached hydrogens (tertiary/aromatic N) is 3. The molecule has 0 saturated heterocycles. The Morgan fingerprint density at radius 3 is 2.54 bits per heavy atom. The van der Waals surface area contributed by atoms with E-state index in [4.69, 9.17) is 4.74 Å². The molecule has 6 heteroatoms. The molecule has 3 rings (SSSR count). The van der Waals surface area contributed by atoms with Gasteiger partial charge in [0.2, 0.25) is 0 Å². The average Bonchev–Trinajstić information content (AvgIpc) is 2.70. The van der Waals surface area contributed by atoms with Gasteiger partial charge in [-0.1, -0.05) is 30.3 Å². The van der Waals surface area contributed by atoms with Gasteiger partial charge in [0.05, 0.1) is 12.8 Å². The van der Waals surface area contributed by atoms with E-state index >= 15 is 0 Å². The van der Waals surface area contributed by atoms with Crippen molar-refractivity contribution in [2.45, 2.75) is 6.92 Å². The van der Waals surface area contributed by atoms with Crippen molar-refractivity contribution < 1.29 is 9.53 Å². The van der Waals surface area contributed by atoms with Crippen LogP contribution in [0.1, 0.15) is 17.4 Å². The van der Waals surface area contributed by atoms with E-state index < -0.39 is 0 Å². The Balaban J connectivity index is 1.85. The minimum absolute atomic E-state index is 0.177. The topological polar surface area (TPSA) is 67.4 Å². The smallest absolute Gasteiger partial charge is 0.277 e. The summed E-state index contributed by atoms with van der Waals surface area (Å²) < 4.78 is 5.33. The normalized spacial score (nSPS) is 10.2. The Morgan fingerprint density at radius 1 is 1.08 bits per heavy atom. The molecule has 0 aliphatic rings. The molecule has 0 saturated carbocycles. The molecule has 0 spiro atoms. The van der Waals surface area contributed by atoms with Crippen LogP contribution in [0.3, 0.4) is 0 Å². The zero-order chi connectivity index (χ0) is 18.4. The van der Waals surface area contributed by atoms with Crippen LogP contribution in [0.15, 0.2) is 67.0 Å². The van der Waals surface area contributed by atoms with E-state index in [1.165, 1.54) is 6.33 Å². The quantitative estimate of drug-likeness (QED) is 0.732. The van der Waals surface area contributed by atoms with Gasteiger partial charge in [-0.05, 0) is 31.2 Å². The lowest BCUT2D eigenvalue weighted by Crippen LogP contribution is -2.31. The van der Waals surface area contributed by atoms with Crippen molar-refractivity contribution >= 4 is 23.1 Å². The maximum atomic E-state index is 12.9. The molecule has 6 nitrogen and oxygen atoms in total. The van der Waals surface area contributed by atoms with E-state index in [9.17, 15) is 4.79 Å². The lowest BCUT2D eigenvalue weighted by atomic mass is 10.2. The fourth-order valence-corrected chi connectivity index (χ4v) is 2.62. The number of ether oxygens (including phenoxy) is 1. The maximum absolute atomic E-state index is 12.9. The summed E-state index contributed by atoms with van der Waals surface area (Å²) >= 11 is 0. The summed E-state index contributed by atoms with van der Waals surface area (Å²) in [7, 11) is 1.61. The summed E-state index contributed by atoms with van der Waals surface area (Å²) in [6.45, 7) is 2.47. The number of carbonyl (C=O) groups is 1. The first-order valence-electron chi connectivity index (χ1n) is 8.32. The molecule has 1 amide bonds. The highest BCUT2D eigenvalue weighted by atomic mass is 16.5. The molecule has 0 fully saturated rings. The molecule has 3 aromatic rings. The molecular formula is C20H20N4O2. The third-order valence-corrected chi connectivity index (χ3v) is 3.89. The Hall–Kier alpha value is -3.41. The monoisotopic (exact) mass is 348 g/mol. The second kappa shape index (κ2) is 8.11. The predicted molar refractivity (Wildman–Crippen MR) is 102 cm³/mol. The number of hydrogen-bond donors (Lipinski definition) is 1. The van der Waals surface area contributed by atoms with Gasteiger partial charge in [-0.15, -0.1) is 0 Å². The molecule has 1 N–H and O–H groups in total. The van der Waals surface area contributed by atoms with Crippen molar-refractivity contribution in [3.8, 4) is 5.75 Å². The second-order valence-electron chi connectivity index (χ2n) is 5.50. The zero-order valence-corrected chi connectivity index (χ0v) is 14.7. The number of nitrogens with one attached hydrogen (secondary N) is 1. The first-order valence-corrected chi connectivity index (χ1v) is 8.32. The van der Waals surface area contributed by atoms with Crippen molar-refractivity contribution in [3.63, 3.8) is 0 Å². The van der Waals surface area contributed by atoms with Gasteiger partial charge in [-0.25, -0.2) is 9.97 Å². The van der Waals surface area contributed by atoms with Crippen molar-refractivity contribution in [1.82, 2.24) is 9.97 Å². The van der Waals surface area contributed by atoms with E-state index in [0.717, 1.165) is 11.4 Å². The van der Waals surface area contributed by atoms with Crippen LogP contribution < -0.4 is 15.0 Å². The largest absolute Gasteiger partial charge is 0.495 e. The standard InChI is InChI=1S/C20H20N4O2/c1-3-24(15-9-5-4-6-10-15)20(25)17-13-19(22-14-21-17)23-16-11-7-8-12-18(16)26-2/h4-14H,3H2,1-2H3,(H,21,22,23). The van der Waals surface area contributed by atoms with Gasteiger partial charge in [0.15, 0.2) is 0 Å². The summed E-state index contributed by atoms with van der Waals surface area (Å²) in [6.07, 6.45) is 1.38. The van der Waals surface area contributed by atoms with Gasteiger partial charge < -0.3 is 15.0 Å². The predicted octanol–water partition coefficient (Wildman–Crippen LogP) is 3.90. The second-order valence-corrected chi connectivity index (χ2v) is 5.50. The molecule has 0 bridgehead atoms. The number of para-hydroxylation sites is 3. The van der Waals surface area contributed by atoms with E-state index in [2.05, 4.69) is 15.3 Å². The molecule has 1 aromatic heterocycles. The van der Waals surface area contributed by atoms with Gasteiger partial charge in [-0.2, -0.15) is 0 Å². The Kier molecular flexibility index (Phi) is 5.43. The minimum atomic E-state index is -0.177. The highest BCUT2D eigenvalue weighted by molar-refractivity contribution is 6.05. The number of amides is 1. The third kappa shape index (κ3) is 3.80. The lowest BCUT2D eigenvalue weighted by molar-refractivity contribution is 0.0983. The number of benzene rings is 2. The number of rotatable bonds is 6. The molecule has 0 atom stereocenters. The Bertz CT molecular complexity index is 884. The molecule has 26 heavy (non-hydrogen) atoms. The SMILES string of the molecule is CCN(C(=O)c1cc(Nc2ccccc2OC)ncn1)c1ccccc1. The highest BCUT2D eigenvalue weighted by Gasteiger charge is 2.18. The van der Waals surface area contributed by atoms with Crippen LogP contribution in [-0.2, 0) is 0 Å². The molecule has 0 aliphatic carbocycles. The Morgan fingerprint density at radius 2 is 1.81 bits per heavy atom. The lowest BCUT2D eigenvalue weighted by Gasteiger charge is -2.20. The molecule has 0 radical (unpaired) electrons. The number of hydrogen-bond acceptors (Lipinski definition) is 5. The van der Waals surface area contributed by atoms with Crippen LogP contribution in [0.2, 0.25) is 0 Å². The molecule has 132 valence electrons. The summed E-state index contributed by atoms with van der Waals surface area (Å²) in [5.74, 6) is 1.04. The van der Waals surface area contributed by atoms with Crippen molar-refractivity contribution in [2.75, 3.05) is 23.9 Å². The minimum Gasteiger partial charge on any atom is -0.495 e. The van der Waals surface area contributed by atoms with Crippen molar-refractivity contribution in [3.05, 3.63) is 72.7 Å². The van der Waals surface area contributed by atoms with Crippen molar-refractivity contribution in [1.29, 1.82) is 0 Å². The first kappa shape index (κ1) is 17.4. The van der Waals surface area contributed by atoms with Gasteiger partial charge in [0.1, 0.15) is 23.6 Å². The number of methoxy groups -OCH3 is 1. The van der Waals surface area contributed by atoms with E-state index in [1.54, 1.807) is 18.1 Å². The van der Waals surface area contributed by atoms with Gasteiger partial charge in [-0.3, -0.25) is 4.79 Å². The third-order valence-electron chi connectivity index (χ3n) is 3.89. The number of carbonyl (C=O) groups excluding carboxylic acids is 1. The summed E-state index contributed by atoms with van der Waals surface area (Å²) in [6, 6.07) is 18.7. The van der Waals surface area contributed by atoms with Gasteiger partial charge >= 0.3 is 0 Å². The van der Waals surface area contributed by atoms with Crippen LogP contribution in [0, 0.1) is 0 Å². The van der Waals surface area contributed by atoms with Crippen LogP contribution >= 0.6 is 0 Å². The summed E-state index contributed by atoms with van der Waals surface area (Å²) in [5.41, 5.74) is 1.92. The van der Waals surface area contributed by atoms with Crippen LogP contribution in [0.25, 0.3) is 0 Å². The molecular weight excluding hydrogens is 328 g/mol. The molecule has 0 aliphatic heterocycles. The number of anilines is 3. The highest BCUT2D eigenvalue weighted by Crippen LogP contribution is 2.26. The zero-order valence-electron chi connectivity index (χ0n) is 14.7. The Labute approximate surface area is 152 Å². The van der Waals surface area contributed by atoms with Gasteiger partial charge in [0, 0.05) is 18.3 Å². The van der Waals surface area contributed by atoms with E-state index in [0.29, 0.717) is 23.8 Å². The van der Waals surface area contributed by atoms with Crippen LogP contribution in [0.4, 0.5) is 17.2 Å². The van der Waals surface area contributed by atoms with Crippen LogP contribution in [0.5, 0.6) is 5.75 Å². The first-order chi connectivity index (χ1) is 12.7. The van der Waals surface area contributed by atoms with E-state index in [1.807, 2.05) is 61.5 Å². The average molecular weight is 348 g/mol. The molecule has 1 heterocycles. The van der Waals surface area contributed by atoms with E-state index in [-0.39, 0.29) is 5.91 Å².